The SMILES string of the molecule is CCCC1CCCCN1c1c(Cl)cc(N)cc1Cl. The van der Waals surface area contributed by atoms with Gasteiger partial charge in [-0.2, -0.15) is 0 Å². The predicted octanol–water partition coefficient (Wildman–Crippen LogP) is 4.73. The Kier molecular flexibility index (Phi) is 4.63. The van der Waals surface area contributed by atoms with Crippen molar-refractivity contribution in [1.29, 1.82) is 0 Å². The Morgan fingerprint density at radius 1 is 1.28 bits per heavy atom. The van der Waals surface area contributed by atoms with Crippen LogP contribution < -0.4 is 10.6 Å². The van der Waals surface area contributed by atoms with E-state index in [0.29, 0.717) is 21.8 Å². The van der Waals surface area contributed by atoms with Crippen LogP contribution in [0.5, 0.6) is 0 Å². The first-order valence-electron chi connectivity index (χ1n) is 6.64. The molecule has 1 aliphatic rings. The van der Waals surface area contributed by atoms with Gasteiger partial charge >= 0.3 is 0 Å². The van der Waals surface area contributed by atoms with Crippen molar-refractivity contribution in [2.75, 3.05) is 17.2 Å². The second kappa shape index (κ2) is 6.03. The largest absolute Gasteiger partial charge is 0.399 e. The molecule has 1 saturated heterocycles. The maximum absolute atomic E-state index is 6.33. The Bertz CT molecular complexity index is 395. The molecule has 0 aliphatic carbocycles. The summed E-state index contributed by atoms with van der Waals surface area (Å²) in [6, 6.07) is 4.14. The highest BCUT2D eigenvalue weighted by Gasteiger charge is 2.25. The number of halogens is 2. The van der Waals surface area contributed by atoms with Crippen molar-refractivity contribution in [3.05, 3.63) is 22.2 Å². The molecule has 1 aromatic rings. The minimum absolute atomic E-state index is 0.558. The van der Waals surface area contributed by atoms with Gasteiger partial charge in [-0.15, -0.1) is 0 Å². The Balaban J connectivity index is 2.33. The Morgan fingerprint density at radius 2 is 1.94 bits per heavy atom. The third-order valence-corrected chi connectivity index (χ3v) is 4.15. The number of nitrogen functional groups attached to an aromatic ring is 1. The van der Waals surface area contributed by atoms with Crippen molar-refractivity contribution in [2.45, 2.75) is 45.1 Å². The summed E-state index contributed by atoms with van der Waals surface area (Å²) in [6.07, 6.45) is 6.11. The topological polar surface area (TPSA) is 29.3 Å². The van der Waals surface area contributed by atoms with Gasteiger partial charge in [0.25, 0.3) is 0 Å². The molecule has 1 aromatic carbocycles. The number of anilines is 2. The smallest absolute Gasteiger partial charge is 0.0749 e. The summed E-state index contributed by atoms with van der Waals surface area (Å²) >= 11 is 12.7. The van der Waals surface area contributed by atoms with E-state index in [1.165, 1.54) is 32.1 Å². The van der Waals surface area contributed by atoms with Crippen LogP contribution in [0.3, 0.4) is 0 Å². The molecule has 1 heterocycles. The molecule has 1 aliphatic heterocycles. The predicted molar refractivity (Wildman–Crippen MR) is 80.8 cm³/mol. The van der Waals surface area contributed by atoms with Gasteiger partial charge in [0.1, 0.15) is 0 Å². The first-order chi connectivity index (χ1) is 8.63. The van der Waals surface area contributed by atoms with Gasteiger partial charge in [-0.25, -0.2) is 0 Å². The summed E-state index contributed by atoms with van der Waals surface area (Å²) in [5, 5.41) is 1.34. The van der Waals surface area contributed by atoms with Crippen molar-refractivity contribution < 1.29 is 0 Å². The quantitative estimate of drug-likeness (QED) is 0.814. The summed E-state index contributed by atoms with van der Waals surface area (Å²) in [5.74, 6) is 0. The van der Waals surface area contributed by atoms with E-state index in [0.717, 1.165) is 12.2 Å². The van der Waals surface area contributed by atoms with Gasteiger partial charge in [0, 0.05) is 18.3 Å². The first-order valence-corrected chi connectivity index (χ1v) is 7.40. The summed E-state index contributed by atoms with van der Waals surface area (Å²) in [6.45, 7) is 3.26. The number of benzene rings is 1. The van der Waals surface area contributed by atoms with Crippen LogP contribution in [0.25, 0.3) is 0 Å². The molecule has 0 bridgehead atoms. The van der Waals surface area contributed by atoms with Crippen molar-refractivity contribution in [3.8, 4) is 0 Å². The van der Waals surface area contributed by atoms with Gasteiger partial charge in [-0.1, -0.05) is 36.5 Å². The Hall–Kier alpha value is -0.600. The highest BCUT2D eigenvalue weighted by atomic mass is 35.5. The monoisotopic (exact) mass is 286 g/mol. The molecule has 1 fully saturated rings. The molecule has 18 heavy (non-hydrogen) atoms. The normalized spacial score (nSPS) is 20.2. The fourth-order valence-corrected chi connectivity index (χ4v) is 3.51. The molecule has 1 unspecified atom stereocenters. The van der Waals surface area contributed by atoms with Crippen molar-refractivity contribution in [1.82, 2.24) is 0 Å². The molecular formula is C14H20Cl2N2. The van der Waals surface area contributed by atoms with Gasteiger partial charge in [0.05, 0.1) is 15.7 Å². The van der Waals surface area contributed by atoms with E-state index < -0.39 is 0 Å². The fraction of sp³-hybridized carbons (Fsp3) is 0.571. The standard InChI is InChI=1S/C14H20Cl2N2/c1-2-5-11-6-3-4-7-18(11)14-12(15)8-10(17)9-13(14)16/h8-9,11H,2-7,17H2,1H3. The van der Waals surface area contributed by atoms with E-state index in [4.69, 9.17) is 28.9 Å². The van der Waals surface area contributed by atoms with Gasteiger partial charge in [-0.05, 0) is 37.8 Å². The molecule has 0 aromatic heterocycles. The lowest BCUT2D eigenvalue weighted by atomic mass is 9.97. The summed E-state index contributed by atoms with van der Waals surface area (Å²) in [7, 11) is 0. The van der Waals surface area contributed by atoms with Crippen molar-refractivity contribution in [3.63, 3.8) is 0 Å². The summed E-state index contributed by atoms with van der Waals surface area (Å²) in [4.78, 5) is 2.37. The second-order valence-corrected chi connectivity index (χ2v) is 5.78. The van der Waals surface area contributed by atoms with E-state index in [9.17, 15) is 0 Å². The Morgan fingerprint density at radius 3 is 2.56 bits per heavy atom. The Labute approximate surface area is 119 Å². The van der Waals surface area contributed by atoms with Crippen LogP contribution in [-0.2, 0) is 0 Å². The van der Waals surface area contributed by atoms with Crippen LogP contribution in [0.2, 0.25) is 10.0 Å². The van der Waals surface area contributed by atoms with E-state index in [2.05, 4.69) is 11.8 Å². The van der Waals surface area contributed by atoms with E-state index in [-0.39, 0.29) is 0 Å². The third kappa shape index (κ3) is 2.86. The van der Waals surface area contributed by atoms with Crippen LogP contribution in [0.1, 0.15) is 39.0 Å². The molecular weight excluding hydrogens is 267 g/mol. The number of hydrogen-bond acceptors (Lipinski definition) is 2. The maximum Gasteiger partial charge on any atom is 0.0749 e. The lowest BCUT2D eigenvalue weighted by Crippen LogP contribution is -2.39. The average molecular weight is 287 g/mol. The van der Waals surface area contributed by atoms with Gasteiger partial charge < -0.3 is 10.6 Å². The van der Waals surface area contributed by atoms with Crippen LogP contribution in [0, 0.1) is 0 Å². The molecule has 1 atom stereocenters. The summed E-state index contributed by atoms with van der Waals surface area (Å²) in [5.41, 5.74) is 7.35. The molecule has 0 saturated carbocycles. The highest BCUT2D eigenvalue weighted by molar-refractivity contribution is 6.39. The zero-order chi connectivity index (χ0) is 13.1. The van der Waals surface area contributed by atoms with E-state index in [1.54, 1.807) is 12.1 Å². The fourth-order valence-electron chi connectivity index (χ4n) is 2.79. The number of nitrogens with zero attached hydrogens (tertiary/aromatic N) is 1. The molecule has 0 spiro atoms. The van der Waals surface area contributed by atoms with Crippen molar-refractivity contribution in [2.24, 2.45) is 0 Å². The number of hydrogen-bond donors (Lipinski definition) is 1. The van der Waals surface area contributed by atoms with Crippen LogP contribution in [-0.4, -0.2) is 12.6 Å². The van der Waals surface area contributed by atoms with Crippen LogP contribution in [0.15, 0.2) is 12.1 Å². The molecule has 4 heteroatoms. The maximum atomic E-state index is 6.33. The lowest BCUT2D eigenvalue weighted by Gasteiger charge is -2.38. The van der Waals surface area contributed by atoms with E-state index >= 15 is 0 Å². The van der Waals surface area contributed by atoms with Gasteiger partial charge in [0.2, 0.25) is 0 Å². The second-order valence-electron chi connectivity index (χ2n) is 4.96. The van der Waals surface area contributed by atoms with Crippen LogP contribution in [0.4, 0.5) is 11.4 Å². The summed E-state index contributed by atoms with van der Waals surface area (Å²) < 4.78 is 0. The van der Waals surface area contributed by atoms with Crippen molar-refractivity contribution >= 4 is 34.6 Å². The molecule has 0 radical (unpaired) electrons. The third-order valence-electron chi connectivity index (χ3n) is 3.58. The lowest BCUT2D eigenvalue weighted by molar-refractivity contribution is 0.435. The minimum Gasteiger partial charge on any atom is -0.399 e. The highest BCUT2D eigenvalue weighted by Crippen LogP contribution is 2.39. The first kappa shape index (κ1) is 13.8. The van der Waals surface area contributed by atoms with Gasteiger partial charge in [0.15, 0.2) is 0 Å². The molecule has 2 rings (SSSR count). The van der Waals surface area contributed by atoms with Crippen LogP contribution >= 0.6 is 23.2 Å². The van der Waals surface area contributed by atoms with E-state index in [1.807, 2.05) is 0 Å². The minimum atomic E-state index is 0.558. The van der Waals surface area contributed by atoms with Gasteiger partial charge in [-0.3, -0.25) is 0 Å². The number of rotatable bonds is 3. The zero-order valence-corrected chi connectivity index (χ0v) is 12.3. The molecule has 2 nitrogen and oxygen atoms in total. The number of nitrogens with two attached hydrogens (primary N) is 1. The zero-order valence-electron chi connectivity index (χ0n) is 10.8. The molecule has 100 valence electrons. The molecule has 0 amide bonds. The number of piperidine rings is 1. The molecule has 2 N–H and O–H groups in total. The average Bonchev–Trinajstić information content (AvgIpc) is 2.30.